The highest BCUT2D eigenvalue weighted by Crippen LogP contribution is 2.42. The number of hydrogen-bond donors (Lipinski definition) is 0. The van der Waals surface area contributed by atoms with Gasteiger partial charge >= 0.3 is 0 Å². The van der Waals surface area contributed by atoms with Crippen LogP contribution < -0.4 is 0 Å². The van der Waals surface area contributed by atoms with E-state index in [1.807, 2.05) is 24.5 Å². The SMILES string of the molecule is c1ccc2ncc(-c3ccc4ccc5c(-c6cnc7ccccc7c6)ccc6ccc3c4c65)cc2c1. The molecule has 0 N–H and O–H groups in total. The molecule has 0 atom stereocenters. The van der Waals surface area contributed by atoms with Crippen molar-refractivity contribution in [2.24, 2.45) is 0 Å². The highest BCUT2D eigenvalue weighted by Gasteiger charge is 2.15. The van der Waals surface area contributed by atoms with Gasteiger partial charge in [-0.1, -0.05) is 84.9 Å². The van der Waals surface area contributed by atoms with Crippen LogP contribution in [0, 0.1) is 0 Å². The van der Waals surface area contributed by atoms with Gasteiger partial charge in [0.2, 0.25) is 0 Å². The second-order valence-electron chi connectivity index (χ2n) is 9.48. The summed E-state index contributed by atoms with van der Waals surface area (Å²) < 4.78 is 0. The van der Waals surface area contributed by atoms with Crippen LogP contribution >= 0.6 is 0 Å². The summed E-state index contributed by atoms with van der Waals surface area (Å²) in [7, 11) is 0. The van der Waals surface area contributed by atoms with Gasteiger partial charge in [0, 0.05) is 34.3 Å². The molecule has 0 radical (unpaired) electrons. The van der Waals surface area contributed by atoms with Gasteiger partial charge in [-0.05, 0) is 67.7 Å². The zero-order valence-electron chi connectivity index (χ0n) is 19.4. The number of rotatable bonds is 2. The Morgan fingerprint density at radius 2 is 0.833 bits per heavy atom. The smallest absolute Gasteiger partial charge is 0.0702 e. The summed E-state index contributed by atoms with van der Waals surface area (Å²) in [4.78, 5) is 9.48. The zero-order valence-corrected chi connectivity index (χ0v) is 19.4. The molecule has 8 rings (SSSR count). The van der Waals surface area contributed by atoms with Crippen LogP contribution in [-0.2, 0) is 0 Å². The summed E-state index contributed by atoms with van der Waals surface area (Å²) >= 11 is 0. The maximum atomic E-state index is 4.74. The average Bonchev–Trinajstić information content (AvgIpc) is 2.95. The van der Waals surface area contributed by atoms with Crippen molar-refractivity contribution in [3.8, 4) is 22.3 Å². The predicted octanol–water partition coefficient (Wildman–Crippen LogP) is 9.01. The molecule has 0 spiro atoms. The minimum atomic E-state index is 1.02. The fraction of sp³-hybridized carbons (Fsp3) is 0. The third-order valence-corrected chi connectivity index (χ3v) is 7.47. The molecule has 0 fully saturated rings. The summed E-state index contributed by atoms with van der Waals surface area (Å²) in [5, 5.41) is 9.98. The van der Waals surface area contributed by atoms with Gasteiger partial charge in [0.1, 0.15) is 0 Å². The molecule has 0 aliphatic rings. The number of para-hydroxylation sites is 2. The summed E-state index contributed by atoms with van der Waals surface area (Å²) in [5.74, 6) is 0. The van der Waals surface area contributed by atoms with Gasteiger partial charge in [-0.2, -0.15) is 0 Å². The van der Waals surface area contributed by atoms with Crippen LogP contribution in [0.3, 0.4) is 0 Å². The van der Waals surface area contributed by atoms with Crippen LogP contribution in [0.5, 0.6) is 0 Å². The largest absolute Gasteiger partial charge is 0.256 e. The van der Waals surface area contributed by atoms with E-state index in [1.54, 1.807) is 0 Å². The lowest BCUT2D eigenvalue weighted by atomic mass is 9.87. The predicted molar refractivity (Wildman–Crippen MR) is 152 cm³/mol. The minimum Gasteiger partial charge on any atom is -0.256 e. The van der Waals surface area contributed by atoms with E-state index >= 15 is 0 Å². The van der Waals surface area contributed by atoms with E-state index in [-0.39, 0.29) is 0 Å². The molecule has 2 heterocycles. The van der Waals surface area contributed by atoms with Crippen molar-refractivity contribution in [1.82, 2.24) is 9.97 Å². The van der Waals surface area contributed by atoms with Gasteiger partial charge in [-0.15, -0.1) is 0 Å². The Hall–Kier alpha value is -4.82. The van der Waals surface area contributed by atoms with Crippen LogP contribution in [0.15, 0.2) is 122 Å². The molecule has 0 aliphatic carbocycles. The number of nitrogens with zero attached hydrogens (tertiary/aromatic N) is 2. The minimum absolute atomic E-state index is 1.02. The molecule has 8 aromatic rings. The van der Waals surface area contributed by atoms with Gasteiger partial charge < -0.3 is 0 Å². The molecule has 36 heavy (non-hydrogen) atoms. The first kappa shape index (κ1) is 19.5. The average molecular weight is 457 g/mol. The van der Waals surface area contributed by atoms with Crippen molar-refractivity contribution in [2.45, 2.75) is 0 Å². The van der Waals surface area contributed by atoms with Crippen LogP contribution in [0.4, 0.5) is 0 Å². The molecule has 0 saturated carbocycles. The number of fused-ring (bicyclic) bond motifs is 2. The van der Waals surface area contributed by atoms with E-state index in [4.69, 9.17) is 9.97 Å². The summed E-state index contributed by atoms with van der Waals surface area (Å²) in [5.41, 5.74) is 6.76. The Balaban J connectivity index is 1.42. The first-order valence-corrected chi connectivity index (χ1v) is 12.2. The third kappa shape index (κ3) is 2.79. The van der Waals surface area contributed by atoms with E-state index in [9.17, 15) is 0 Å². The number of hydrogen-bond acceptors (Lipinski definition) is 2. The molecule has 0 amide bonds. The lowest BCUT2D eigenvalue weighted by molar-refractivity contribution is 1.41. The summed E-state index contributed by atoms with van der Waals surface area (Å²) in [6, 6.07) is 39.1. The van der Waals surface area contributed by atoms with Gasteiger partial charge in [-0.25, -0.2) is 0 Å². The molecule has 0 saturated heterocycles. The topological polar surface area (TPSA) is 25.8 Å². The standard InChI is InChI=1S/C34H20N2/c1-3-7-31-23(5-1)17-25(19-35-31)27-13-9-21-12-16-30-28(14-10-22-11-15-29(27)33(21)34(22)30)26-18-24-6-2-4-8-32(24)36-20-26/h1-20H. The Kier molecular flexibility index (Phi) is 3.97. The lowest BCUT2D eigenvalue weighted by Crippen LogP contribution is -1.90. The Morgan fingerprint density at radius 3 is 1.33 bits per heavy atom. The van der Waals surface area contributed by atoms with Crippen molar-refractivity contribution in [3.63, 3.8) is 0 Å². The van der Waals surface area contributed by atoms with E-state index in [0.29, 0.717) is 0 Å². The highest BCUT2D eigenvalue weighted by molar-refractivity contribution is 6.27. The molecule has 6 aromatic carbocycles. The van der Waals surface area contributed by atoms with Crippen molar-refractivity contribution < 1.29 is 0 Å². The maximum absolute atomic E-state index is 4.74. The molecular formula is C34H20N2. The lowest BCUT2D eigenvalue weighted by Gasteiger charge is -2.16. The van der Waals surface area contributed by atoms with Crippen molar-refractivity contribution in [1.29, 1.82) is 0 Å². The molecule has 0 bridgehead atoms. The molecule has 0 unspecified atom stereocenters. The van der Waals surface area contributed by atoms with Crippen LogP contribution in [-0.4, -0.2) is 9.97 Å². The normalized spacial score (nSPS) is 11.9. The quantitative estimate of drug-likeness (QED) is 0.243. The summed E-state index contributed by atoms with van der Waals surface area (Å²) in [6.45, 7) is 0. The highest BCUT2D eigenvalue weighted by atomic mass is 14.7. The first-order valence-electron chi connectivity index (χ1n) is 12.2. The Morgan fingerprint density at radius 1 is 0.389 bits per heavy atom. The van der Waals surface area contributed by atoms with Crippen molar-refractivity contribution in [3.05, 3.63) is 122 Å². The molecule has 166 valence electrons. The molecule has 0 aliphatic heterocycles. The third-order valence-electron chi connectivity index (χ3n) is 7.47. The van der Waals surface area contributed by atoms with E-state index in [1.165, 1.54) is 43.4 Å². The van der Waals surface area contributed by atoms with E-state index < -0.39 is 0 Å². The zero-order chi connectivity index (χ0) is 23.6. The Labute approximate surface area is 207 Å². The van der Waals surface area contributed by atoms with Crippen LogP contribution in [0.25, 0.3) is 76.4 Å². The fourth-order valence-electron chi connectivity index (χ4n) is 5.74. The number of pyridine rings is 2. The molecule has 2 heteroatoms. The second kappa shape index (κ2) is 7.34. The maximum Gasteiger partial charge on any atom is 0.0702 e. The van der Waals surface area contributed by atoms with E-state index in [0.717, 1.165) is 32.9 Å². The fourth-order valence-corrected chi connectivity index (χ4v) is 5.74. The molecule has 2 aromatic heterocycles. The van der Waals surface area contributed by atoms with Gasteiger partial charge in [0.25, 0.3) is 0 Å². The monoisotopic (exact) mass is 456 g/mol. The number of benzene rings is 6. The summed E-state index contributed by atoms with van der Waals surface area (Å²) in [6.07, 6.45) is 4.00. The van der Waals surface area contributed by atoms with Crippen molar-refractivity contribution in [2.75, 3.05) is 0 Å². The second-order valence-corrected chi connectivity index (χ2v) is 9.48. The Bertz CT molecular complexity index is 1950. The van der Waals surface area contributed by atoms with Gasteiger partial charge in [-0.3, -0.25) is 9.97 Å². The molecular weight excluding hydrogens is 436 g/mol. The van der Waals surface area contributed by atoms with Crippen LogP contribution in [0.2, 0.25) is 0 Å². The van der Waals surface area contributed by atoms with E-state index in [2.05, 4.69) is 97.1 Å². The number of aromatic nitrogens is 2. The van der Waals surface area contributed by atoms with Gasteiger partial charge in [0.15, 0.2) is 0 Å². The van der Waals surface area contributed by atoms with Gasteiger partial charge in [0.05, 0.1) is 11.0 Å². The first-order chi connectivity index (χ1) is 17.8. The van der Waals surface area contributed by atoms with Crippen LogP contribution in [0.1, 0.15) is 0 Å². The van der Waals surface area contributed by atoms with Crippen molar-refractivity contribution >= 4 is 54.1 Å². The molecule has 2 nitrogen and oxygen atoms in total.